The molecule has 0 heterocycles. The van der Waals surface area contributed by atoms with Crippen molar-refractivity contribution in [3.8, 4) is 11.8 Å². The maximum absolute atomic E-state index is 13.0. The van der Waals surface area contributed by atoms with Gasteiger partial charge < -0.3 is 9.84 Å². The maximum atomic E-state index is 13.0. The van der Waals surface area contributed by atoms with Crippen molar-refractivity contribution in [2.24, 2.45) is 0 Å². The summed E-state index contributed by atoms with van der Waals surface area (Å²) in [4.78, 5) is 0. The molecule has 1 atom stereocenters. The number of alkyl halides is 1. The quantitative estimate of drug-likeness (QED) is 0.700. The molecular weight excluding hydrogens is 173 g/mol. The monoisotopic (exact) mass is 181 g/mol. The van der Waals surface area contributed by atoms with E-state index in [9.17, 15) is 4.39 Å². The summed E-state index contributed by atoms with van der Waals surface area (Å²) in [5.41, 5.74) is -0.130. The second-order valence-corrected chi connectivity index (χ2v) is 2.47. The fourth-order valence-electron chi connectivity index (χ4n) is 0.894. The molecule has 1 unspecified atom stereocenters. The van der Waals surface area contributed by atoms with Gasteiger partial charge in [-0.25, -0.2) is 0 Å². The Balaban J connectivity index is 3.10. The first-order valence-electron chi connectivity index (χ1n) is 3.57. The highest BCUT2D eigenvalue weighted by Crippen LogP contribution is 2.24. The fourth-order valence-corrected chi connectivity index (χ4v) is 0.894. The van der Waals surface area contributed by atoms with Gasteiger partial charge in [0.15, 0.2) is 0 Å². The number of benzene rings is 1. The number of hydrogen-bond donors (Lipinski definition) is 1. The van der Waals surface area contributed by atoms with E-state index in [1.54, 1.807) is 6.07 Å². The summed E-state index contributed by atoms with van der Waals surface area (Å²) in [6.07, 6.45) is 0. The predicted octanol–water partition coefficient (Wildman–Crippen LogP) is 1.33. The fraction of sp³-hybridized carbons (Fsp3) is 0.222. The molecule has 0 aliphatic rings. The van der Waals surface area contributed by atoms with Gasteiger partial charge in [0.1, 0.15) is 11.8 Å². The van der Waals surface area contributed by atoms with Crippen molar-refractivity contribution in [1.82, 2.24) is 0 Å². The van der Waals surface area contributed by atoms with Crippen LogP contribution in [0.1, 0.15) is 5.56 Å². The molecule has 1 aromatic carbocycles. The van der Waals surface area contributed by atoms with Gasteiger partial charge in [-0.05, 0) is 12.1 Å². The van der Waals surface area contributed by atoms with E-state index >= 15 is 0 Å². The molecule has 13 heavy (non-hydrogen) atoms. The van der Waals surface area contributed by atoms with E-state index in [0.717, 1.165) is 6.07 Å². The first-order valence-corrected chi connectivity index (χ1v) is 3.57. The van der Waals surface area contributed by atoms with Crippen LogP contribution in [0.3, 0.4) is 0 Å². The van der Waals surface area contributed by atoms with Gasteiger partial charge in [0.2, 0.25) is 0 Å². The van der Waals surface area contributed by atoms with E-state index in [-0.39, 0.29) is 5.56 Å². The van der Waals surface area contributed by atoms with E-state index in [2.05, 4.69) is 0 Å². The summed E-state index contributed by atoms with van der Waals surface area (Å²) in [5, 5.41) is 17.2. The van der Waals surface area contributed by atoms with Gasteiger partial charge in [-0.1, -0.05) is 12.1 Å². The number of nitriles is 1. The summed E-state index contributed by atoms with van der Waals surface area (Å²) in [7, 11) is 1.42. The van der Waals surface area contributed by atoms with Gasteiger partial charge in [-0.15, -0.1) is 0 Å². The van der Waals surface area contributed by atoms with Crippen LogP contribution in [0.5, 0.6) is 5.75 Å². The number of halogens is 1. The Morgan fingerprint density at radius 1 is 1.62 bits per heavy atom. The van der Waals surface area contributed by atoms with Crippen molar-refractivity contribution in [2.45, 2.75) is 5.85 Å². The normalized spacial score (nSPS) is 14.3. The second kappa shape index (κ2) is 3.42. The number of rotatable bonds is 2. The third-order valence-electron chi connectivity index (χ3n) is 1.60. The molecule has 0 aromatic heterocycles. The molecule has 0 aliphatic carbocycles. The van der Waals surface area contributed by atoms with Gasteiger partial charge in [-0.2, -0.15) is 9.65 Å². The lowest BCUT2D eigenvalue weighted by Crippen LogP contribution is -2.15. The Morgan fingerprint density at radius 2 is 2.31 bits per heavy atom. The molecule has 1 N–H and O–H groups in total. The molecule has 68 valence electrons. The predicted molar refractivity (Wildman–Crippen MR) is 43.6 cm³/mol. The highest BCUT2D eigenvalue weighted by molar-refractivity contribution is 5.33. The van der Waals surface area contributed by atoms with Crippen molar-refractivity contribution in [3.05, 3.63) is 29.8 Å². The number of hydrogen-bond acceptors (Lipinski definition) is 3. The molecule has 0 fully saturated rings. The van der Waals surface area contributed by atoms with E-state index in [1.807, 2.05) is 0 Å². The third kappa shape index (κ3) is 1.95. The van der Waals surface area contributed by atoms with Crippen LogP contribution < -0.4 is 4.74 Å². The zero-order valence-corrected chi connectivity index (χ0v) is 6.99. The summed E-state index contributed by atoms with van der Waals surface area (Å²) < 4.78 is 17.8. The van der Waals surface area contributed by atoms with Gasteiger partial charge in [-0.3, -0.25) is 0 Å². The molecule has 0 radical (unpaired) electrons. The summed E-state index contributed by atoms with van der Waals surface area (Å²) in [6, 6.07) is 6.81. The largest absolute Gasteiger partial charge is 0.497 e. The Bertz CT molecular complexity index is 344. The lowest BCUT2D eigenvalue weighted by Gasteiger charge is -2.10. The molecular formula is C9H8FNO2. The van der Waals surface area contributed by atoms with Gasteiger partial charge in [0.25, 0.3) is 0 Å². The smallest absolute Gasteiger partial charge is 0.321 e. The van der Waals surface area contributed by atoms with Crippen molar-refractivity contribution >= 4 is 0 Å². The molecule has 0 spiro atoms. The number of ether oxygens (including phenoxy) is 1. The van der Waals surface area contributed by atoms with E-state index < -0.39 is 5.85 Å². The number of aliphatic hydroxyl groups is 1. The minimum absolute atomic E-state index is 0.130. The van der Waals surface area contributed by atoms with E-state index in [4.69, 9.17) is 15.1 Å². The highest BCUT2D eigenvalue weighted by Gasteiger charge is 2.28. The average Bonchev–Trinajstić information content (AvgIpc) is 2.18. The van der Waals surface area contributed by atoms with E-state index in [0.29, 0.717) is 5.75 Å². The standard InChI is InChI=1S/C9H8FNO2/c1-13-8-4-2-3-7(5-8)9(10,12)6-11/h2-5,12H,1H3. The van der Waals surface area contributed by atoms with Crippen molar-refractivity contribution < 1.29 is 14.2 Å². The Morgan fingerprint density at radius 3 is 2.85 bits per heavy atom. The van der Waals surface area contributed by atoms with Crippen LogP contribution >= 0.6 is 0 Å². The maximum Gasteiger partial charge on any atom is 0.321 e. The summed E-state index contributed by atoms with van der Waals surface area (Å²) in [6.45, 7) is 0. The molecule has 0 bridgehead atoms. The van der Waals surface area contributed by atoms with Crippen LogP contribution in [-0.2, 0) is 5.85 Å². The van der Waals surface area contributed by atoms with E-state index in [1.165, 1.54) is 25.3 Å². The van der Waals surface area contributed by atoms with Crippen LogP contribution in [0.25, 0.3) is 0 Å². The first-order chi connectivity index (χ1) is 6.10. The molecule has 1 aromatic rings. The Hall–Kier alpha value is -1.60. The SMILES string of the molecule is COc1cccc(C(O)(F)C#N)c1. The number of methoxy groups -OCH3 is 1. The minimum Gasteiger partial charge on any atom is -0.497 e. The number of nitrogens with zero attached hydrogens (tertiary/aromatic N) is 1. The van der Waals surface area contributed by atoms with Gasteiger partial charge in [0.05, 0.1) is 7.11 Å². The zero-order valence-electron chi connectivity index (χ0n) is 6.99. The van der Waals surface area contributed by atoms with Crippen LogP contribution in [0, 0.1) is 11.3 Å². The molecule has 0 amide bonds. The topological polar surface area (TPSA) is 53.2 Å². The van der Waals surface area contributed by atoms with Crippen molar-refractivity contribution in [2.75, 3.05) is 7.11 Å². The Kier molecular flexibility index (Phi) is 2.49. The molecule has 1 rings (SSSR count). The average molecular weight is 181 g/mol. The van der Waals surface area contributed by atoms with Crippen LogP contribution in [0.4, 0.5) is 4.39 Å². The van der Waals surface area contributed by atoms with Crippen LogP contribution in [-0.4, -0.2) is 12.2 Å². The van der Waals surface area contributed by atoms with Gasteiger partial charge >= 0.3 is 5.85 Å². The van der Waals surface area contributed by atoms with Crippen LogP contribution in [0.2, 0.25) is 0 Å². The molecule has 0 saturated heterocycles. The molecule has 4 heteroatoms. The lowest BCUT2D eigenvalue weighted by molar-refractivity contribution is -0.0389. The van der Waals surface area contributed by atoms with Crippen molar-refractivity contribution in [1.29, 1.82) is 5.26 Å². The lowest BCUT2D eigenvalue weighted by atomic mass is 10.1. The summed E-state index contributed by atoms with van der Waals surface area (Å²) in [5.74, 6) is -2.56. The summed E-state index contributed by atoms with van der Waals surface area (Å²) >= 11 is 0. The highest BCUT2D eigenvalue weighted by atomic mass is 19.2. The zero-order chi connectivity index (χ0) is 9.90. The minimum atomic E-state index is -2.95. The second-order valence-electron chi connectivity index (χ2n) is 2.47. The van der Waals surface area contributed by atoms with Crippen molar-refractivity contribution in [3.63, 3.8) is 0 Å². The molecule has 0 aliphatic heterocycles. The molecule has 3 nitrogen and oxygen atoms in total. The first kappa shape index (κ1) is 9.49. The van der Waals surface area contributed by atoms with Crippen LogP contribution in [0.15, 0.2) is 24.3 Å². The van der Waals surface area contributed by atoms with Gasteiger partial charge in [0, 0.05) is 5.56 Å². The third-order valence-corrected chi connectivity index (χ3v) is 1.60. The molecule has 0 saturated carbocycles. The Labute approximate surface area is 75.0 Å².